The molecule has 6 nitrogen and oxygen atoms in total. The number of ether oxygens (including phenoxy) is 3. The van der Waals surface area contributed by atoms with E-state index >= 15 is 0 Å². The topological polar surface area (TPSA) is 60.4 Å². The van der Waals surface area contributed by atoms with Gasteiger partial charge in [-0.1, -0.05) is 18.2 Å². The SMILES string of the molecule is COc1ccc([C@H]2OC(c3ccccc3)=NN2C(C)=O)cc1OC. The van der Waals surface area contributed by atoms with Gasteiger partial charge in [0.1, 0.15) is 0 Å². The smallest absolute Gasteiger partial charge is 0.243 e. The van der Waals surface area contributed by atoms with Crippen molar-refractivity contribution in [2.75, 3.05) is 14.2 Å². The number of carbonyl (C=O) groups excluding carboxylic acids is 1. The predicted octanol–water partition coefficient (Wildman–Crippen LogP) is 2.94. The van der Waals surface area contributed by atoms with Crippen LogP contribution in [-0.4, -0.2) is 31.0 Å². The predicted molar refractivity (Wildman–Crippen MR) is 88.9 cm³/mol. The molecule has 0 saturated carbocycles. The molecule has 1 heterocycles. The summed E-state index contributed by atoms with van der Waals surface area (Å²) in [4.78, 5) is 12.0. The Morgan fingerprint density at radius 1 is 1.08 bits per heavy atom. The van der Waals surface area contributed by atoms with Crippen LogP contribution in [0.4, 0.5) is 0 Å². The molecular formula is C18H18N2O4. The lowest BCUT2D eigenvalue weighted by molar-refractivity contribution is -0.135. The maximum atomic E-state index is 12.0. The van der Waals surface area contributed by atoms with Crippen molar-refractivity contribution in [3.63, 3.8) is 0 Å². The summed E-state index contributed by atoms with van der Waals surface area (Å²) in [6, 6.07) is 14.8. The first-order chi connectivity index (χ1) is 11.6. The lowest BCUT2D eigenvalue weighted by Crippen LogP contribution is -2.25. The van der Waals surface area contributed by atoms with E-state index in [0.29, 0.717) is 17.4 Å². The molecule has 0 unspecified atom stereocenters. The van der Waals surface area contributed by atoms with Gasteiger partial charge in [-0.05, 0) is 30.3 Å². The highest BCUT2D eigenvalue weighted by Gasteiger charge is 2.33. The van der Waals surface area contributed by atoms with Gasteiger partial charge < -0.3 is 14.2 Å². The largest absolute Gasteiger partial charge is 0.493 e. The molecule has 2 aromatic rings. The molecule has 6 heteroatoms. The molecule has 0 N–H and O–H groups in total. The van der Waals surface area contributed by atoms with Crippen LogP contribution in [0, 0.1) is 0 Å². The quantitative estimate of drug-likeness (QED) is 0.867. The molecule has 1 aliphatic rings. The molecule has 0 bridgehead atoms. The van der Waals surface area contributed by atoms with E-state index in [9.17, 15) is 4.79 Å². The van der Waals surface area contributed by atoms with E-state index in [2.05, 4.69) is 5.10 Å². The number of carbonyl (C=O) groups is 1. The van der Waals surface area contributed by atoms with Crippen LogP contribution in [0.1, 0.15) is 24.3 Å². The summed E-state index contributed by atoms with van der Waals surface area (Å²) in [6.45, 7) is 1.45. The first kappa shape index (κ1) is 15.9. The zero-order valence-electron chi connectivity index (χ0n) is 13.7. The van der Waals surface area contributed by atoms with Gasteiger partial charge in [-0.25, -0.2) is 0 Å². The lowest BCUT2D eigenvalue weighted by atomic mass is 10.1. The van der Waals surface area contributed by atoms with Gasteiger partial charge in [0, 0.05) is 18.1 Å². The second-order valence-electron chi connectivity index (χ2n) is 5.22. The third kappa shape index (κ3) is 2.90. The van der Waals surface area contributed by atoms with Crippen LogP contribution in [0.5, 0.6) is 11.5 Å². The fourth-order valence-electron chi connectivity index (χ4n) is 2.49. The summed E-state index contributed by atoms with van der Waals surface area (Å²) >= 11 is 0. The summed E-state index contributed by atoms with van der Waals surface area (Å²) in [7, 11) is 3.13. The molecule has 0 radical (unpaired) electrons. The molecule has 1 amide bonds. The summed E-state index contributed by atoms with van der Waals surface area (Å²) in [5, 5.41) is 5.64. The number of rotatable bonds is 4. The highest BCUT2D eigenvalue weighted by molar-refractivity contribution is 5.96. The lowest BCUT2D eigenvalue weighted by Gasteiger charge is -2.20. The van der Waals surface area contributed by atoms with Crippen LogP contribution >= 0.6 is 0 Å². The van der Waals surface area contributed by atoms with Crippen molar-refractivity contribution < 1.29 is 19.0 Å². The zero-order valence-corrected chi connectivity index (χ0v) is 13.7. The van der Waals surface area contributed by atoms with Crippen molar-refractivity contribution in [3.8, 4) is 11.5 Å². The van der Waals surface area contributed by atoms with E-state index in [-0.39, 0.29) is 5.91 Å². The minimum Gasteiger partial charge on any atom is -0.493 e. The number of hydrazone groups is 1. The van der Waals surface area contributed by atoms with Crippen molar-refractivity contribution in [1.29, 1.82) is 0 Å². The summed E-state index contributed by atoms with van der Waals surface area (Å²) in [5.41, 5.74) is 1.56. The fourth-order valence-corrected chi connectivity index (χ4v) is 2.49. The van der Waals surface area contributed by atoms with E-state index in [1.165, 1.54) is 11.9 Å². The van der Waals surface area contributed by atoms with Gasteiger partial charge in [0.2, 0.25) is 18.0 Å². The second kappa shape index (κ2) is 6.62. The maximum Gasteiger partial charge on any atom is 0.243 e. The molecular weight excluding hydrogens is 308 g/mol. The minimum atomic E-state index is -0.641. The molecule has 0 spiro atoms. The van der Waals surface area contributed by atoms with Gasteiger partial charge in [0.15, 0.2) is 11.5 Å². The monoisotopic (exact) mass is 326 g/mol. The normalized spacial score (nSPS) is 16.4. The third-order valence-electron chi connectivity index (χ3n) is 3.68. The van der Waals surface area contributed by atoms with Crippen LogP contribution < -0.4 is 9.47 Å². The maximum absolute atomic E-state index is 12.0. The highest BCUT2D eigenvalue weighted by atomic mass is 16.5. The Morgan fingerprint density at radius 2 is 1.79 bits per heavy atom. The molecule has 24 heavy (non-hydrogen) atoms. The third-order valence-corrected chi connectivity index (χ3v) is 3.68. The average molecular weight is 326 g/mol. The Kier molecular flexibility index (Phi) is 4.37. The Morgan fingerprint density at radius 3 is 2.42 bits per heavy atom. The van der Waals surface area contributed by atoms with Gasteiger partial charge in [-0.2, -0.15) is 5.01 Å². The number of hydrogen-bond acceptors (Lipinski definition) is 5. The van der Waals surface area contributed by atoms with E-state index in [4.69, 9.17) is 14.2 Å². The van der Waals surface area contributed by atoms with Crippen molar-refractivity contribution in [2.45, 2.75) is 13.2 Å². The molecule has 1 aliphatic heterocycles. The van der Waals surface area contributed by atoms with E-state index in [1.807, 2.05) is 36.4 Å². The van der Waals surface area contributed by atoms with E-state index in [0.717, 1.165) is 11.1 Å². The van der Waals surface area contributed by atoms with Crippen LogP contribution in [0.15, 0.2) is 53.6 Å². The van der Waals surface area contributed by atoms with Crippen molar-refractivity contribution in [3.05, 3.63) is 59.7 Å². The first-order valence-electron chi connectivity index (χ1n) is 7.46. The number of benzene rings is 2. The van der Waals surface area contributed by atoms with Gasteiger partial charge >= 0.3 is 0 Å². The molecule has 124 valence electrons. The summed E-state index contributed by atoms with van der Waals surface area (Å²) in [5.74, 6) is 1.37. The van der Waals surface area contributed by atoms with Crippen LogP contribution in [0.25, 0.3) is 0 Å². The van der Waals surface area contributed by atoms with Crippen LogP contribution in [0.3, 0.4) is 0 Å². The van der Waals surface area contributed by atoms with Crippen molar-refractivity contribution in [2.24, 2.45) is 5.10 Å². The molecule has 0 aliphatic carbocycles. The van der Waals surface area contributed by atoms with Gasteiger partial charge in [-0.15, -0.1) is 5.10 Å². The minimum absolute atomic E-state index is 0.208. The highest BCUT2D eigenvalue weighted by Crippen LogP contribution is 2.35. The van der Waals surface area contributed by atoms with Crippen molar-refractivity contribution in [1.82, 2.24) is 5.01 Å². The fraction of sp³-hybridized carbons (Fsp3) is 0.222. The molecule has 3 rings (SSSR count). The Bertz CT molecular complexity index is 774. The summed E-state index contributed by atoms with van der Waals surface area (Å²) in [6.07, 6.45) is -0.641. The Hall–Kier alpha value is -3.02. The van der Waals surface area contributed by atoms with Gasteiger partial charge in [-0.3, -0.25) is 4.79 Å². The van der Waals surface area contributed by atoms with Gasteiger partial charge in [0.05, 0.1) is 14.2 Å². The standard InChI is InChI=1S/C18H18N2O4/c1-12(21)20-18(14-9-10-15(22-2)16(11-14)23-3)24-17(19-20)13-7-5-4-6-8-13/h4-11,18H,1-3H3/t18-/m1/s1. The second-order valence-corrected chi connectivity index (χ2v) is 5.22. The molecule has 1 atom stereocenters. The van der Waals surface area contributed by atoms with Crippen LogP contribution in [-0.2, 0) is 9.53 Å². The molecule has 0 fully saturated rings. The first-order valence-corrected chi connectivity index (χ1v) is 7.46. The molecule has 2 aromatic carbocycles. The Labute approximate surface area is 140 Å². The van der Waals surface area contributed by atoms with Crippen molar-refractivity contribution >= 4 is 11.8 Å². The average Bonchev–Trinajstić information content (AvgIpc) is 3.07. The zero-order chi connectivity index (χ0) is 17.1. The molecule has 0 saturated heterocycles. The number of amides is 1. The summed E-state index contributed by atoms with van der Waals surface area (Å²) < 4.78 is 16.5. The van der Waals surface area contributed by atoms with E-state index in [1.54, 1.807) is 26.4 Å². The molecule has 0 aromatic heterocycles. The Balaban J connectivity index is 1.95. The van der Waals surface area contributed by atoms with Gasteiger partial charge in [0.25, 0.3) is 0 Å². The number of nitrogens with zero attached hydrogens (tertiary/aromatic N) is 2. The van der Waals surface area contributed by atoms with Crippen LogP contribution in [0.2, 0.25) is 0 Å². The number of methoxy groups -OCH3 is 2. The van der Waals surface area contributed by atoms with E-state index < -0.39 is 6.23 Å². The number of hydrogen-bond donors (Lipinski definition) is 0.